The number of aliphatic hydroxyl groups is 1. The van der Waals surface area contributed by atoms with E-state index < -0.39 is 25.6 Å². The predicted octanol–water partition coefficient (Wildman–Crippen LogP) is 1.36. The van der Waals surface area contributed by atoms with Gasteiger partial charge in [0, 0.05) is 6.42 Å². The van der Waals surface area contributed by atoms with Crippen LogP contribution in [-0.4, -0.2) is 24.3 Å². The van der Waals surface area contributed by atoms with Crippen LogP contribution in [0.5, 0.6) is 0 Å². The van der Waals surface area contributed by atoms with Gasteiger partial charge in [-0.3, -0.25) is 4.39 Å². The monoisotopic (exact) mass is 142 g/mol. The molecule has 0 aromatic rings. The standard InChI is InChI=1S/C5H9F3O/c6-3-1-2-5(7,8)4-9/h9H,1-4H2. The van der Waals surface area contributed by atoms with E-state index in [1.54, 1.807) is 0 Å². The lowest BCUT2D eigenvalue weighted by atomic mass is 10.2. The van der Waals surface area contributed by atoms with Gasteiger partial charge in [-0.1, -0.05) is 0 Å². The molecule has 0 aromatic heterocycles. The van der Waals surface area contributed by atoms with E-state index in [2.05, 4.69) is 0 Å². The van der Waals surface area contributed by atoms with Gasteiger partial charge >= 0.3 is 0 Å². The van der Waals surface area contributed by atoms with Crippen LogP contribution >= 0.6 is 0 Å². The van der Waals surface area contributed by atoms with Crippen molar-refractivity contribution < 1.29 is 18.3 Å². The number of halogens is 3. The SMILES string of the molecule is OCC(F)(F)CCCF. The third kappa shape index (κ3) is 4.27. The third-order valence-corrected chi connectivity index (χ3v) is 0.907. The summed E-state index contributed by atoms with van der Waals surface area (Å²) in [5.74, 6) is -3.09. The molecule has 0 aliphatic carbocycles. The first-order valence-corrected chi connectivity index (χ1v) is 2.67. The second-order valence-corrected chi connectivity index (χ2v) is 1.81. The van der Waals surface area contributed by atoms with E-state index in [0.29, 0.717) is 0 Å². The van der Waals surface area contributed by atoms with Crippen molar-refractivity contribution in [3.8, 4) is 0 Å². The second-order valence-electron chi connectivity index (χ2n) is 1.81. The Morgan fingerprint density at radius 3 is 2.22 bits per heavy atom. The van der Waals surface area contributed by atoms with Crippen LogP contribution in [0.3, 0.4) is 0 Å². The summed E-state index contributed by atoms with van der Waals surface area (Å²) in [6, 6.07) is 0. The van der Waals surface area contributed by atoms with Crippen molar-refractivity contribution in [2.24, 2.45) is 0 Å². The molecule has 0 aliphatic rings. The van der Waals surface area contributed by atoms with E-state index in [1.807, 2.05) is 0 Å². The van der Waals surface area contributed by atoms with Gasteiger partial charge in [0.05, 0.1) is 6.67 Å². The highest BCUT2D eigenvalue weighted by molar-refractivity contribution is 4.62. The highest BCUT2D eigenvalue weighted by Gasteiger charge is 2.26. The molecular weight excluding hydrogens is 133 g/mol. The maximum absolute atomic E-state index is 11.9. The molecule has 0 aromatic carbocycles. The summed E-state index contributed by atoms with van der Waals surface area (Å²) in [5.41, 5.74) is 0. The first-order valence-electron chi connectivity index (χ1n) is 2.67. The molecule has 0 atom stereocenters. The lowest BCUT2D eigenvalue weighted by Gasteiger charge is -2.10. The fraction of sp³-hybridized carbons (Fsp3) is 1.00. The van der Waals surface area contributed by atoms with Crippen molar-refractivity contribution in [3.63, 3.8) is 0 Å². The summed E-state index contributed by atoms with van der Waals surface area (Å²) < 4.78 is 35.1. The van der Waals surface area contributed by atoms with Gasteiger partial charge in [-0.15, -0.1) is 0 Å². The molecule has 1 N–H and O–H groups in total. The number of rotatable bonds is 4. The van der Waals surface area contributed by atoms with Crippen molar-refractivity contribution in [3.05, 3.63) is 0 Å². The Hall–Kier alpha value is -0.250. The minimum atomic E-state index is -3.09. The zero-order valence-corrected chi connectivity index (χ0v) is 4.91. The van der Waals surface area contributed by atoms with Gasteiger partial charge in [-0.05, 0) is 6.42 Å². The molecule has 0 spiro atoms. The van der Waals surface area contributed by atoms with E-state index in [-0.39, 0.29) is 6.42 Å². The van der Waals surface area contributed by atoms with Gasteiger partial charge in [-0.2, -0.15) is 0 Å². The Morgan fingerprint density at radius 1 is 1.33 bits per heavy atom. The average Bonchev–Trinajstić information content (AvgIpc) is 1.84. The largest absolute Gasteiger partial charge is 0.390 e. The van der Waals surface area contributed by atoms with Crippen LogP contribution in [0, 0.1) is 0 Å². The molecule has 0 saturated heterocycles. The first kappa shape index (κ1) is 8.75. The number of aliphatic hydroxyl groups excluding tert-OH is 1. The zero-order valence-electron chi connectivity index (χ0n) is 4.91. The van der Waals surface area contributed by atoms with Gasteiger partial charge in [0.2, 0.25) is 0 Å². The number of hydrogen-bond acceptors (Lipinski definition) is 1. The van der Waals surface area contributed by atoms with Crippen LogP contribution in [0.25, 0.3) is 0 Å². The molecule has 0 rings (SSSR count). The van der Waals surface area contributed by atoms with Crippen LogP contribution in [0.2, 0.25) is 0 Å². The van der Waals surface area contributed by atoms with Crippen molar-refractivity contribution in [1.82, 2.24) is 0 Å². The van der Waals surface area contributed by atoms with Crippen LogP contribution < -0.4 is 0 Å². The highest BCUT2D eigenvalue weighted by Crippen LogP contribution is 2.18. The van der Waals surface area contributed by atoms with Gasteiger partial charge in [-0.25, -0.2) is 8.78 Å². The van der Waals surface area contributed by atoms with Crippen molar-refractivity contribution in [2.75, 3.05) is 13.3 Å². The normalized spacial score (nSPS) is 12.0. The van der Waals surface area contributed by atoms with Gasteiger partial charge in [0.25, 0.3) is 5.92 Å². The molecule has 0 heterocycles. The molecule has 0 radical (unpaired) electrons. The fourth-order valence-electron chi connectivity index (χ4n) is 0.405. The van der Waals surface area contributed by atoms with Crippen LogP contribution in [-0.2, 0) is 0 Å². The van der Waals surface area contributed by atoms with E-state index in [0.717, 1.165) is 0 Å². The molecule has 0 bridgehead atoms. The summed E-state index contributed by atoms with van der Waals surface area (Å²) in [6.07, 6.45) is -0.756. The lowest BCUT2D eigenvalue weighted by molar-refractivity contribution is -0.0583. The van der Waals surface area contributed by atoms with Crippen molar-refractivity contribution in [2.45, 2.75) is 18.8 Å². The van der Waals surface area contributed by atoms with Crippen LogP contribution in [0.4, 0.5) is 13.2 Å². The summed E-state index contributed by atoms with van der Waals surface area (Å²) in [4.78, 5) is 0. The molecule has 56 valence electrons. The molecule has 9 heavy (non-hydrogen) atoms. The smallest absolute Gasteiger partial charge is 0.270 e. The molecule has 0 amide bonds. The highest BCUT2D eigenvalue weighted by atomic mass is 19.3. The Bertz CT molecular complexity index is 74.6. The van der Waals surface area contributed by atoms with Gasteiger partial charge in [0.1, 0.15) is 6.61 Å². The van der Waals surface area contributed by atoms with Crippen molar-refractivity contribution in [1.29, 1.82) is 0 Å². The molecule has 0 saturated carbocycles. The van der Waals surface area contributed by atoms with E-state index in [9.17, 15) is 13.2 Å². The Kier molecular flexibility index (Phi) is 3.61. The Balaban J connectivity index is 3.33. The van der Waals surface area contributed by atoms with Gasteiger partial charge in [0.15, 0.2) is 0 Å². The maximum Gasteiger partial charge on any atom is 0.270 e. The van der Waals surface area contributed by atoms with E-state index in [4.69, 9.17) is 5.11 Å². The molecule has 4 heteroatoms. The summed E-state index contributed by atoms with van der Waals surface area (Å²) in [7, 11) is 0. The molecule has 1 nitrogen and oxygen atoms in total. The minimum Gasteiger partial charge on any atom is -0.390 e. The predicted molar refractivity (Wildman–Crippen MR) is 27.2 cm³/mol. The average molecular weight is 142 g/mol. The number of hydrogen-bond donors (Lipinski definition) is 1. The Morgan fingerprint density at radius 2 is 1.89 bits per heavy atom. The van der Waals surface area contributed by atoms with E-state index in [1.165, 1.54) is 0 Å². The van der Waals surface area contributed by atoms with Crippen molar-refractivity contribution >= 4 is 0 Å². The first-order chi connectivity index (χ1) is 4.12. The van der Waals surface area contributed by atoms with Crippen LogP contribution in [0.1, 0.15) is 12.8 Å². The topological polar surface area (TPSA) is 20.2 Å². The Labute approximate surface area is 51.5 Å². The summed E-state index contributed by atoms with van der Waals surface area (Å²) in [5, 5.41) is 7.95. The third-order valence-electron chi connectivity index (χ3n) is 0.907. The minimum absolute atomic E-state index is 0.187. The fourth-order valence-corrected chi connectivity index (χ4v) is 0.405. The van der Waals surface area contributed by atoms with Crippen LogP contribution in [0.15, 0.2) is 0 Å². The van der Waals surface area contributed by atoms with Gasteiger partial charge < -0.3 is 5.11 Å². The summed E-state index contributed by atoms with van der Waals surface area (Å²) >= 11 is 0. The molecule has 0 aliphatic heterocycles. The molecule has 0 unspecified atom stereocenters. The zero-order chi connectivity index (χ0) is 7.33. The quantitative estimate of drug-likeness (QED) is 0.628. The number of alkyl halides is 3. The second kappa shape index (κ2) is 3.71. The lowest BCUT2D eigenvalue weighted by Crippen LogP contribution is -2.20. The molecular formula is C5H9F3O. The van der Waals surface area contributed by atoms with E-state index >= 15 is 0 Å². The maximum atomic E-state index is 11.9. The summed E-state index contributed by atoms with van der Waals surface area (Å²) in [6.45, 7) is -1.94. The molecule has 0 fully saturated rings.